The number of nitrogens with one attached hydrogen (secondary N) is 1. The van der Waals surface area contributed by atoms with Gasteiger partial charge in [0, 0.05) is 21.6 Å². The van der Waals surface area contributed by atoms with Gasteiger partial charge in [-0.2, -0.15) is 0 Å². The number of amides is 1. The lowest BCUT2D eigenvalue weighted by Gasteiger charge is -2.39. The number of carbonyl (C=O) groups is 3. The molecule has 2 aromatic rings. The van der Waals surface area contributed by atoms with Gasteiger partial charge in [-0.3, -0.25) is 14.4 Å². The van der Waals surface area contributed by atoms with Crippen LogP contribution in [0, 0.1) is 16.2 Å². The summed E-state index contributed by atoms with van der Waals surface area (Å²) in [5.41, 5.74) is -0.724. The van der Waals surface area contributed by atoms with Gasteiger partial charge in [-0.25, -0.2) is 0 Å². The van der Waals surface area contributed by atoms with Crippen LogP contribution in [0.5, 0.6) is 0 Å². The largest absolute Gasteiger partial charge is 0.325 e. The van der Waals surface area contributed by atoms with Gasteiger partial charge in [-0.1, -0.05) is 78.6 Å². The van der Waals surface area contributed by atoms with E-state index < -0.39 is 21.1 Å². The Morgan fingerprint density at radius 1 is 1.07 bits per heavy atom. The predicted molar refractivity (Wildman–Crippen MR) is 121 cm³/mol. The van der Waals surface area contributed by atoms with E-state index in [0.717, 1.165) is 0 Å². The quantitative estimate of drug-likeness (QED) is 0.445. The molecule has 0 radical (unpaired) electrons. The first-order valence-corrected chi connectivity index (χ1v) is 11.2. The first-order valence-electron chi connectivity index (χ1n) is 9.95. The summed E-state index contributed by atoms with van der Waals surface area (Å²) in [5, 5.41) is 3.38. The van der Waals surface area contributed by atoms with Crippen LogP contribution in [0.3, 0.4) is 0 Å². The predicted octanol–water partition coefficient (Wildman–Crippen LogP) is 5.67. The van der Waals surface area contributed by atoms with Gasteiger partial charge in [0.15, 0.2) is 11.6 Å². The third kappa shape index (κ3) is 2.68. The second-order valence-electron chi connectivity index (χ2n) is 8.99. The molecule has 30 heavy (non-hydrogen) atoms. The number of hydrogen-bond acceptors (Lipinski definition) is 3. The lowest BCUT2D eigenvalue weighted by atomic mass is 9.64. The van der Waals surface area contributed by atoms with Gasteiger partial charge < -0.3 is 5.32 Å². The first-order chi connectivity index (χ1) is 14.1. The number of anilines is 1. The molecule has 3 atom stereocenters. The number of carbonyl (C=O) groups excluding carboxylic acids is 3. The minimum absolute atomic E-state index is 0.0746. The second-order valence-corrected chi connectivity index (χ2v) is 10.3. The van der Waals surface area contributed by atoms with Gasteiger partial charge in [-0.05, 0) is 36.5 Å². The van der Waals surface area contributed by atoms with Crippen molar-refractivity contribution in [1.82, 2.24) is 0 Å². The number of ketones is 2. The molecule has 2 fully saturated rings. The van der Waals surface area contributed by atoms with Crippen LogP contribution in [0.2, 0.25) is 5.02 Å². The summed E-state index contributed by atoms with van der Waals surface area (Å²) >= 11 is 9.70. The zero-order valence-electron chi connectivity index (χ0n) is 17.1. The third-order valence-electron chi connectivity index (χ3n) is 7.64. The zero-order chi connectivity index (χ0) is 21.9. The number of rotatable bonds is 4. The molecule has 0 aliphatic heterocycles. The highest BCUT2D eigenvalue weighted by molar-refractivity contribution is 9.10. The van der Waals surface area contributed by atoms with Crippen molar-refractivity contribution >= 4 is 50.7 Å². The lowest BCUT2D eigenvalue weighted by Crippen LogP contribution is -2.48. The highest BCUT2D eigenvalue weighted by Crippen LogP contribution is 2.72. The molecule has 4 rings (SSSR count). The molecule has 2 aliphatic carbocycles. The van der Waals surface area contributed by atoms with E-state index >= 15 is 0 Å². The standard InChI is InChI=1S/C24H23BrClNO3/c1-22(2)23(3)11-12-24(22,19(25)20(23)29)21(30)27-17-10-9-15(26)13-16(17)18(28)14-7-5-4-6-8-14/h4-10,13,19H,11-12H2,1-3H3,(H,27,30)/t19-,23?,24?/m1/s1. The monoisotopic (exact) mass is 487 g/mol. The van der Waals surface area contributed by atoms with Crippen molar-refractivity contribution in [3.63, 3.8) is 0 Å². The number of alkyl halides is 1. The zero-order valence-corrected chi connectivity index (χ0v) is 19.4. The van der Waals surface area contributed by atoms with Gasteiger partial charge in [0.05, 0.1) is 15.9 Å². The highest BCUT2D eigenvalue weighted by Gasteiger charge is 2.76. The Labute approximate surface area is 189 Å². The van der Waals surface area contributed by atoms with Gasteiger partial charge in [0.1, 0.15) is 0 Å². The Morgan fingerprint density at radius 2 is 1.73 bits per heavy atom. The number of fused-ring (bicyclic) bond motifs is 2. The van der Waals surface area contributed by atoms with Crippen molar-refractivity contribution < 1.29 is 14.4 Å². The van der Waals surface area contributed by atoms with Gasteiger partial charge in [-0.15, -0.1) is 0 Å². The summed E-state index contributed by atoms with van der Waals surface area (Å²) in [6, 6.07) is 13.7. The fourth-order valence-electron chi connectivity index (χ4n) is 5.25. The van der Waals surface area contributed by atoms with Gasteiger partial charge in [0.2, 0.25) is 5.91 Å². The average molecular weight is 489 g/mol. The summed E-state index contributed by atoms with van der Waals surface area (Å²) in [6.45, 7) is 5.95. The first kappa shape index (κ1) is 21.3. The van der Waals surface area contributed by atoms with Gasteiger partial charge in [0.25, 0.3) is 0 Å². The Bertz CT molecular complexity index is 1070. The van der Waals surface area contributed by atoms with E-state index in [1.54, 1.807) is 42.5 Å². The third-order valence-corrected chi connectivity index (χ3v) is 9.07. The minimum atomic E-state index is -0.883. The van der Waals surface area contributed by atoms with Crippen molar-refractivity contribution in [3.05, 3.63) is 64.7 Å². The summed E-state index contributed by atoms with van der Waals surface area (Å²) in [5.74, 6) is -0.390. The van der Waals surface area contributed by atoms with E-state index in [1.807, 2.05) is 26.8 Å². The lowest BCUT2D eigenvalue weighted by molar-refractivity contribution is -0.130. The van der Waals surface area contributed by atoms with Crippen molar-refractivity contribution in [2.45, 2.75) is 38.4 Å². The fraction of sp³-hybridized carbons (Fsp3) is 0.375. The van der Waals surface area contributed by atoms with Crippen LogP contribution < -0.4 is 5.32 Å². The minimum Gasteiger partial charge on any atom is -0.325 e. The summed E-state index contributed by atoms with van der Waals surface area (Å²) in [4.78, 5) is 39.2. The normalized spacial score (nSPS) is 29.1. The molecular weight excluding hydrogens is 466 g/mol. The van der Waals surface area contributed by atoms with E-state index in [-0.39, 0.29) is 17.5 Å². The molecule has 0 saturated heterocycles. The van der Waals surface area contributed by atoms with Crippen LogP contribution in [-0.4, -0.2) is 22.3 Å². The Kier molecular flexibility index (Phi) is 4.98. The molecule has 2 aliphatic rings. The summed E-state index contributed by atoms with van der Waals surface area (Å²) in [6.07, 6.45) is 1.28. The molecular formula is C24H23BrClNO3. The molecule has 1 amide bonds. The Hall–Kier alpha value is -1.98. The van der Waals surface area contributed by atoms with Crippen LogP contribution in [-0.2, 0) is 9.59 Å². The molecule has 2 unspecified atom stereocenters. The van der Waals surface area contributed by atoms with Crippen molar-refractivity contribution in [1.29, 1.82) is 0 Å². The van der Waals surface area contributed by atoms with Crippen LogP contribution in [0.25, 0.3) is 0 Å². The van der Waals surface area contributed by atoms with Gasteiger partial charge >= 0.3 is 0 Å². The van der Waals surface area contributed by atoms with Crippen molar-refractivity contribution in [2.24, 2.45) is 16.2 Å². The second kappa shape index (κ2) is 7.03. The summed E-state index contributed by atoms with van der Waals surface area (Å²) < 4.78 is 0. The maximum Gasteiger partial charge on any atom is 0.232 e. The van der Waals surface area contributed by atoms with Crippen molar-refractivity contribution in [2.75, 3.05) is 5.32 Å². The molecule has 156 valence electrons. The van der Waals surface area contributed by atoms with Crippen LogP contribution in [0.1, 0.15) is 49.5 Å². The number of halogens is 2. The fourth-order valence-corrected chi connectivity index (χ4v) is 6.93. The van der Waals surface area contributed by atoms with E-state index in [1.165, 1.54) is 0 Å². The van der Waals surface area contributed by atoms with E-state index in [9.17, 15) is 14.4 Å². The molecule has 6 heteroatoms. The molecule has 2 bridgehead atoms. The molecule has 0 heterocycles. The smallest absolute Gasteiger partial charge is 0.232 e. The van der Waals surface area contributed by atoms with Crippen LogP contribution >= 0.6 is 27.5 Å². The maximum atomic E-state index is 13.7. The SMILES string of the molecule is CC12CCC(C(=O)Nc3ccc(Cl)cc3C(=O)c3ccccc3)([C@H](Br)C1=O)C2(C)C. The number of hydrogen-bond donors (Lipinski definition) is 1. The van der Waals surface area contributed by atoms with Crippen molar-refractivity contribution in [3.8, 4) is 0 Å². The Morgan fingerprint density at radius 3 is 2.33 bits per heavy atom. The van der Waals surface area contributed by atoms with Crippen LogP contribution in [0.15, 0.2) is 48.5 Å². The molecule has 4 nitrogen and oxygen atoms in total. The van der Waals surface area contributed by atoms with Crippen LogP contribution in [0.4, 0.5) is 5.69 Å². The molecule has 1 N–H and O–H groups in total. The maximum absolute atomic E-state index is 13.7. The molecule has 2 aromatic carbocycles. The van der Waals surface area contributed by atoms with E-state index in [0.29, 0.717) is 34.7 Å². The van der Waals surface area contributed by atoms with E-state index in [2.05, 4.69) is 21.2 Å². The number of benzene rings is 2. The molecule has 0 spiro atoms. The highest BCUT2D eigenvalue weighted by atomic mass is 79.9. The summed E-state index contributed by atoms with van der Waals surface area (Å²) in [7, 11) is 0. The van der Waals surface area contributed by atoms with E-state index in [4.69, 9.17) is 11.6 Å². The number of Topliss-reactive ketones (excluding diaryl/α,β-unsaturated/α-hetero) is 1. The molecule has 0 aromatic heterocycles. The Balaban J connectivity index is 1.73. The topological polar surface area (TPSA) is 63.2 Å². The molecule has 2 saturated carbocycles. The average Bonchev–Trinajstić information content (AvgIpc) is 3.00.